The molecule has 0 amide bonds. The summed E-state index contributed by atoms with van der Waals surface area (Å²) in [4.78, 5) is 15.6. The third kappa shape index (κ3) is 4.18. The van der Waals surface area contributed by atoms with Crippen LogP contribution < -0.4 is 0 Å². The fourth-order valence-electron chi connectivity index (χ4n) is 5.37. The van der Waals surface area contributed by atoms with Crippen molar-refractivity contribution in [2.45, 2.75) is 0 Å². The average molecular weight is 621 g/mol. The lowest BCUT2D eigenvalue weighted by Crippen LogP contribution is -2.05. The number of hydrogen-bond acceptors (Lipinski definition) is 5. The van der Waals surface area contributed by atoms with Crippen molar-refractivity contribution in [2.75, 3.05) is 0 Å². The zero-order valence-electron chi connectivity index (χ0n) is 22.7. The lowest BCUT2D eigenvalue weighted by atomic mass is 9.89. The third-order valence-electron chi connectivity index (χ3n) is 7.15. The quantitative estimate of drug-likeness (QED) is 0.164. The maximum atomic E-state index is 17.1. The molecule has 0 fully saturated rings. The highest BCUT2D eigenvalue weighted by Gasteiger charge is 2.44. The largest absolute Gasteiger partial charge is 0.270 e. The summed E-state index contributed by atoms with van der Waals surface area (Å²) in [6.45, 7) is 29.9. The van der Waals surface area contributed by atoms with Crippen molar-refractivity contribution in [3.05, 3.63) is 150 Å². The molecule has 1 aromatic heterocycles. The summed E-state index contributed by atoms with van der Waals surface area (Å²) in [5, 5.41) is 39.1. The lowest BCUT2D eigenvalue weighted by Gasteiger charge is -2.16. The van der Waals surface area contributed by atoms with Crippen LogP contribution >= 0.6 is 0 Å². The van der Waals surface area contributed by atoms with Crippen molar-refractivity contribution < 1.29 is 22.0 Å². The Bertz CT molecular complexity index is 2520. The molecule has 9 nitrogen and oxygen atoms in total. The summed E-state index contributed by atoms with van der Waals surface area (Å²) < 4.78 is 79.3. The molecule has 0 aliphatic heterocycles. The molecular formula is C33H4F5N9. The van der Waals surface area contributed by atoms with Gasteiger partial charge in [0.2, 0.25) is 11.4 Å². The van der Waals surface area contributed by atoms with E-state index >= 15 is 17.6 Å². The maximum Gasteiger partial charge on any atom is 0.270 e. The molecule has 0 unspecified atom stereocenters. The van der Waals surface area contributed by atoms with Crippen LogP contribution in [-0.2, 0) is 0 Å². The number of benzene rings is 2. The van der Waals surface area contributed by atoms with Gasteiger partial charge in [0.15, 0.2) is 0 Å². The van der Waals surface area contributed by atoms with Gasteiger partial charge in [-0.1, -0.05) is 0 Å². The number of nitriles is 4. The Hall–Kier alpha value is -7.88. The summed E-state index contributed by atoms with van der Waals surface area (Å²) in [7, 11) is 0. The van der Waals surface area contributed by atoms with E-state index in [1.807, 2.05) is 0 Å². The van der Waals surface area contributed by atoms with Crippen LogP contribution in [0.4, 0.5) is 27.6 Å². The zero-order valence-corrected chi connectivity index (χ0v) is 22.7. The van der Waals surface area contributed by atoms with E-state index in [1.165, 1.54) is 12.1 Å². The van der Waals surface area contributed by atoms with Crippen molar-refractivity contribution in [1.82, 2.24) is 4.98 Å². The van der Waals surface area contributed by atoms with Gasteiger partial charge in [0.1, 0.15) is 46.9 Å². The number of allylic oxidation sites excluding steroid dienone is 7. The van der Waals surface area contributed by atoms with E-state index in [2.05, 4.69) is 24.4 Å². The molecule has 0 bridgehead atoms. The molecule has 2 aliphatic rings. The number of nitrogens with zero attached hydrogens (tertiary/aromatic N) is 9. The SMILES string of the molecule is [C-]#[N+]C1=C(c2cc(F)c([N+]#[C-])cc2F)/C(=C(/C#N)[N+]#[C-])c2c(F)c3c(c(F)c21)C(C#N)=C(c1cc(C#N)ncc1F)/C3=C(\C#N)[N+]#[C-]. The van der Waals surface area contributed by atoms with Gasteiger partial charge in [-0.15, -0.1) is 0 Å². The van der Waals surface area contributed by atoms with Crippen LogP contribution in [0.1, 0.15) is 39.1 Å². The number of fused-ring (bicyclic) bond motifs is 2. The second-order valence-corrected chi connectivity index (χ2v) is 9.28. The highest BCUT2D eigenvalue weighted by Crippen LogP contribution is 2.58. The van der Waals surface area contributed by atoms with Gasteiger partial charge >= 0.3 is 0 Å². The van der Waals surface area contributed by atoms with E-state index in [4.69, 9.17) is 26.3 Å². The van der Waals surface area contributed by atoms with Gasteiger partial charge in [0.25, 0.3) is 11.4 Å². The number of halogens is 5. The van der Waals surface area contributed by atoms with Crippen LogP contribution in [0.15, 0.2) is 35.8 Å². The van der Waals surface area contributed by atoms with Crippen molar-refractivity contribution in [3.63, 3.8) is 0 Å². The highest BCUT2D eigenvalue weighted by molar-refractivity contribution is 6.29. The smallest absolute Gasteiger partial charge is 0.242 e. The molecule has 0 atom stereocenters. The molecule has 0 spiro atoms. The van der Waals surface area contributed by atoms with Gasteiger partial charge in [-0.2, -0.15) is 10.5 Å². The lowest BCUT2D eigenvalue weighted by molar-refractivity contribution is 0.590. The Balaban J connectivity index is 2.07. The van der Waals surface area contributed by atoms with E-state index in [9.17, 15) is 25.4 Å². The molecule has 47 heavy (non-hydrogen) atoms. The van der Waals surface area contributed by atoms with Gasteiger partial charge in [0, 0.05) is 44.5 Å². The molecule has 3 aromatic rings. The van der Waals surface area contributed by atoms with E-state index < -0.39 is 119 Å². The van der Waals surface area contributed by atoms with Crippen molar-refractivity contribution in [3.8, 4) is 24.3 Å². The minimum atomic E-state index is -1.60. The van der Waals surface area contributed by atoms with Gasteiger partial charge in [-0.05, 0) is 29.3 Å². The number of hydrogen-bond donors (Lipinski definition) is 0. The molecule has 2 aliphatic carbocycles. The molecule has 2 aromatic carbocycles. The van der Waals surface area contributed by atoms with Crippen LogP contribution in [0.5, 0.6) is 0 Å². The molecular weight excluding hydrogens is 617 g/mol. The van der Waals surface area contributed by atoms with Crippen molar-refractivity contribution in [1.29, 1.82) is 21.0 Å². The standard InChI is InChI=1S/C33H4F5N9/c1-43-20-7-17(34)15(6-18(20)35)25-27(22(11-42)45-3)29-30(33(25)46-4)31(37)24-16(9-40)23(14-5-13(8-39)47-12-19(14)36)26(21(10-41)44-2)28(24)32(29)38/h5-7,12H/b26-21-,27-22+. The molecule has 5 rings (SSSR count). The molecule has 0 radical (unpaired) electrons. The third-order valence-corrected chi connectivity index (χ3v) is 7.15. The number of rotatable bonds is 2. The second-order valence-electron chi connectivity index (χ2n) is 9.28. The predicted molar refractivity (Wildman–Crippen MR) is 152 cm³/mol. The summed E-state index contributed by atoms with van der Waals surface area (Å²) in [5.74, 6) is -7.03. The van der Waals surface area contributed by atoms with Gasteiger partial charge in [0.05, 0.1) is 50.2 Å². The van der Waals surface area contributed by atoms with E-state index in [0.717, 1.165) is 6.07 Å². The van der Waals surface area contributed by atoms with Gasteiger partial charge in [-0.25, -0.2) is 56.8 Å². The molecule has 14 heteroatoms. The Morgan fingerprint density at radius 2 is 1.21 bits per heavy atom. The molecule has 0 saturated carbocycles. The average Bonchev–Trinajstić information content (AvgIpc) is 3.60. The fourth-order valence-corrected chi connectivity index (χ4v) is 5.37. The Morgan fingerprint density at radius 3 is 1.74 bits per heavy atom. The molecule has 216 valence electrons. The summed E-state index contributed by atoms with van der Waals surface area (Å²) in [5.41, 5.74) is -13.3. The van der Waals surface area contributed by atoms with Crippen molar-refractivity contribution in [2.24, 2.45) is 0 Å². The number of aromatic nitrogens is 1. The van der Waals surface area contributed by atoms with Crippen LogP contribution in [-0.4, -0.2) is 4.98 Å². The van der Waals surface area contributed by atoms with Crippen LogP contribution in [0.2, 0.25) is 0 Å². The minimum absolute atomic E-state index is 0.409. The van der Waals surface area contributed by atoms with E-state index in [-0.39, 0.29) is 0 Å². The monoisotopic (exact) mass is 621 g/mol. The number of pyridine rings is 1. The van der Waals surface area contributed by atoms with Gasteiger partial charge < -0.3 is 0 Å². The first-order valence-corrected chi connectivity index (χ1v) is 12.4. The normalized spacial score (nSPS) is 14.7. The second kappa shape index (κ2) is 11.3. The first-order chi connectivity index (χ1) is 22.6. The van der Waals surface area contributed by atoms with Gasteiger partial charge in [-0.3, -0.25) is 0 Å². The Labute approximate surface area is 261 Å². The first kappa shape index (κ1) is 30.6. The topological polar surface area (TPSA) is 125 Å². The summed E-state index contributed by atoms with van der Waals surface area (Å²) in [6.07, 6.45) is 0.571. The molecule has 1 heterocycles. The summed E-state index contributed by atoms with van der Waals surface area (Å²) >= 11 is 0. The van der Waals surface area contributed by atoms with Crippen LogP contribution in [0.25, 0.3) is 52.9 Å². The Morgan fingerprint density at radius 1 is 0.638 bits per heavy atom. The fraction of sp³-hybridized carbons (Fsp3) is 0. The zero-order chi connectivity index (χ0) is 34.3. The Kier molecular flexibility index (Phi) is 7.36. The van der Waals surface area contributed by atoms with E-state index in [1.54, 1.807) is 12.1 Å². The van der Waals surface area contributed by atoms with Crippen LogP contribution in [0, 0.1) is 101 Å². The maximum absolute atomic E-state index is 17.1. The first-order valence-electron chi connectivity index (χ1n) is 12.4. The molecule has 0 saturated heterocycles. The van der Waals surface area contributed by atoms with E-state index in [0.29, 0.717) is 18.3 Å². The predicted octanol–water partition coefficient (Wildman–Crippen LogP) is 7.76. The van der Waals surface area contributed by atoms with Crippen molar-refractivity contribution >= 4 is 39.2 Å². The minimum Gasteiger partial charge on any atom is -0.242 e. The molecule has 0 N–H and O–H groups in total. The van der Waals surface area contributed by atoms with Crippen LogP contribution in [0.3, 0.4) is 0 Å². The highest BCUT2D eigenvalue weighted by atomic mass is 19.1. The summed E-state index contributed by atoms with van der Waals surface area (Å²) in [6, 6.07) is 7.88.